The van der Waals surface area contributed by atoms with Crippen molar-refractivity contribution in [2.24, 2.45) is 5.92 Å². The molecule has 0 aliphatic carbocycles. The van der Waals surface area contributed by atoms with Gasteiger partial charge in [0.1, 0.15) is 5.82 Å². The Kier molecular flexibility index (Phi) is 5.92. The molecule has 3 rings (SSSR count). The van der Waals surface area contributed by atoms with Gasteiger partial charge in [-0.1, -0.05) is 38.1 Å². The van der Waals surface area contributed by atoms with Crippen LogP contribution in [0.15, 0.2) is 42.7 Å². The van der Waals surface area contributed by atoms with Gasteiger partial charge in [-0.25, -0.2) is 4.98 Å². The van der Waals surface area contributed by atoms with Gasteiger partial charge in [0, 0.05) is 38.1 Å². The third kappa shape index (κ3) is 4.63. The lowest BCUT2D eigenvalue weighted by Crippen LogP contribution is -2.38. The number of rotatable bonds is 5. The number of hydrogen-bond acceptors (Lipinski definition) is 2. The number of piperidine rings is 1. The predicted molar refractivity (Wildman–Crippen MR) is 106 cm³/mol. The van der Waals surface area contributed by atoms with Gasteiger partial charge in [0.15, 0.2) is 0 Å². The Balaban J connectivity index is 1.49. The number of benzene rings is 1. The van der Waals surface area contributed by atoms with E-state index in [1.807, 2.05) is 30.3 Å². The van der Waals surface area contributed by atoms with Gasteiger partial charge in [0.05, 0.1) is 0 Å². The summed E-state index contributed by atoms with van der Waals surface area (Å²) in [7, 11) is 0. The molecule has 0 unspecified atom stereocenters. The molecule has 4 nitrogen and oxygen atoms in total. The van der Waals surface area contributed by atoms with Crippen LogP contribution in [-0.4, -0.2) is 33.4 Å². The van der Waals surface area contributed by atoms with Crippen LogP contribution in [0.4, 0.5) is 0 Å². The minimum atomic E-state index is 0.121. The number of carbonyl (C=O) groups excluding carboxylic acids is 1. The van der Waals surface area contributed by atoms with Crippen LogP contribution in [0, 0.1) is 12.8 Å². The third-order valence-corrected chi connectivity index (χ3v) is 5.33. The Bertz CT molecular complexity index is 750. The summed E-state index contributed by atoms with van der Waals surface area (Å²) >= 11 is 0. The molecule has 1 aromatic carbocycles. The Labute approximate surface area is 156 Å². The first-order valence-corrected chi connectivity index (χ1v) is 9.57. The van der Waals surface area contributed by atoms with Crippen molar-refractivity contribution in [3.05, 3.63) is 59.7 Å². The largest absolute Gasteiger partial charge is 0.339 e. The molecule has 1 saturated heterocycles. The van der Waals surface area contributed by atoms with Crippen molar-refractivity contribution >= 4 is 12.0 Å². The van der Waals surface area contributed by atoms with Crippen LogP contribution >= 0.6 is 0 Å². The van der Waals surface area contributed by atoms with E-state index in [4.69, 9.17) is 0 Å². The summed E-state index contributed by atoms with van der Waals surface area (Å²) < 4.78 is 2.21. The van der Waals surface area contributed by atoms with E-state index in [1.54, 1.807) is 6.08 Å². The van der Waals surface area contributed by atoms with E-state index in [9.17, 15) is 4.79 Å². The Morgan fingerprint density at radius 2 is 1.92 bits per heavy atom. The highest BCUT2D eigenvalue weighted by Gasteiger charge is 2.22. The number of hydrogen-bond donors (Lipinski definition) is 0. The number of aromatic nitrogens is 2. The summed E-state index contributed by atoms with van der Waals surface area (Å²) in [5.74, 6) is 2.34. The van der Waals surface area contributed by atoms with Crippen LogP contribution in [0.25, 0.3) is 6.08 Å². The van der Waals surface area contributed by atoms with E-state index < -0.39 is 0 Å². The van der Waals surface area contributed by atoms with Crippen LogP contribution in [0.1, 0.15) is 49.6 Å². The molecule has 4 heteroatoms. The van der Waals surface area contributed by atoms with Gasteiger partial charge >= 0.3 is 0 Å². The number of imidazole rings is 1. The summed E-state index contributed by atoms with van der Waals surface area (Å²) in [5, 5.41) is 0. The first kappa shape index (κ1) is 18.4. The first-order chi connectivity index (χ1) is 12.5. The normalized spacial score (nSPS) is 15.9. The van der Waals surface area contributed by atoms with Crippen molar-refractivity contribution in [1.82, 2.24) is 14.5 Å². The van der Waals surface area contributed by atoms with Crippen molar-refractivity contribution < 1.29 is 4.79 Å². The number of amides is 1. The maximum Gasteiger partial charge on any atom is 0.246 e. The second-order valence-corrected chi connectivity index (χ2v) is 7.55. The number of likely N-dealkylation sites (tertiary alicyclic amines) is 1. The summed E-state index contributed by atoms with van der Waals surface area (Å²) in [6, 6.07) is 8.44. The third-order valence-electron chi connectivity index (χ3n) is 5.33. The van der Waals surface area contributed by atoms with Crippen LogP contribution in [0.2, 0.25) is 0 Å². The quantitative estimate of drug-likeness (QED) is 0.755. The van der Waals surface area contributed by atoms with Gasteiger partial charge in [-0.3, -0.25) is 4.79 Å². The molecular weight excluding hydrogens is 322 g/mol. The Morgan fingerprint density at radius 3 is 2.50 bits per heavy atom. The molecule has 1 aliphatic heterocycles. The van der Waals surface area contributed by atoms with Crippen molar-refractivity contribution in [2.75, 3.05) is 13.1 Å². The maximum atomic E-state index is 12.4. The highest BCUT2D eigenvalue weighted by molar-refractivity contribution is 5.91. The number of carbonyl (C=O) groups is 1. The number of aryl methyl sites for hydroxylation is 1. The van der Waals surface area contributed by atoms with Crippen LogP contribution in [0.3, 0.4) is 0 Å². The molecule has 0 radical (unpaired) electrons. The topological polar surface area (TPSA) is 38.1 Å². The van der Waals surface area contributed by atoms with E-state index in [2.05, 4.69) is 47.7 Å². The number of nitrogens with zero attached hydrogens (tertiary/aromatic N) is 3. The minimum Gasteiger partial charge on any atom is -0.339 e. The fraction of sp³-hybridized carbons (Fsp3) is 0.455. The van der Waals surface area contributed by atoms with Crippen LogP contribution in [-0.2, 0) is 11.3 Å². The summed E-state index contributed by atoms with van der Waals surface area (Å²) in [5.41, 5.74) is 2.40. The fourth-order valence-electron chi connectivity index (χ4n) is 3.48. The minimum absolute atomic E-state index is 0.121. The molecule has 0 atom stereocenters. The SMILES string of the molecule is Cc1nccn1CC1CCN(C(=O)/C=C/c2ccc(C(C)C)cc2)CC1. The van der Waals surface area contributed by atoms with Crippen molar-refractivity contribution in [2.45, 2.75) is 46.1 Å². The van der Waals surface area contributed by atoms with Crippen molar-refractivity contribution in [1.29, 1.82) is 0 Å². The van der Waals surface area contributed by atoms with Crippen molar-refractivity contribution in [3.63, 3.8) is 0 Å². The van der Waals surface area contributed by atoms with Gasteiger partial charge in [0.2, 0.25) is 5.91 Å². The van der Waals surface area contributed by atoms with Gasteiger partial charge in [-0.05, 0) is 48.8 Å². The van der Waals surface area contributed by atoms with E-state index >= 15 is 0 Å². The molecule has 1 aliphatic rings. The molecule has 1 amide bonds. The molecule has 0 N–H and O–H groups in total. The van der Waals surface area contributed by atoms with Gasteiger partial charge in [-0.2, -0.15) is 0 Å². The zero-order valence-electron chi connectivity index (χ0n) is 16.1. The van der Waals surface area contributed by atoms with Crippen molar-refractivity contribution in [3.8, 4) is 0 Å². The van der Waals surface area contributed by atoms with Crippen LogP contribution in [0.5, 0.6) is 0 Å². The van der Waals surface area contributed by atoms with Gasteiger partial charge in [-0.15, -0.1) is 0 Å². The Morgan fingerprint density at radius 1 is 1.23 bits per heavy atom. The van der Waals surface area contributed by atoms with E-state index in [0.29, 0.717) is 11.8 Å². The Hall–Kier alpha value is -2.36. The molecule has 2 aromatic rings. The molecule has 0 saturated carbocycles. The summed E-state index contributed by atoms with van der Waals surface area (Å²) in [4.78, 5) is 18.7. The highest BCUT2D eigenvalue weighted by Crippen LogP contribution is 2.20. The van der Waals surface area contributed by atoms with Gasteiger partial charge in [0.25, 0.3) is 0 Å². The molecule has 26 heavy (non-hydrogen) atoms. The molecule has 138 valence electrons. The average Bonchev–Trinajstić information content (AvgIpc) is 3.05. The first-order valence-electron chi connectivity index (χ1n) is 9.57. The lowest BCUT2D eigenvalue weighted by molar-refractivity contribution is -0.127. The van der Waals surface area contributed by atoms with E-state index in [-0.39, 0.29) is 5.91 Å². The molecule has 0 spiro atoms. The average molecular weight is 351 g/mol. The standard InChI is InChI=1S/C22H29N3O/c1-17(2)21-7-4-19(5-8-21)6-9-22(26)24-13-10-20(11-14-24)16-25-15-12-23-18(25)3/h4-9,12,15,17,20H,10-11,13-14,16H2,1-3H3/b9-6+. The smallest absolute Gasteiger partial charge is 0.246 e. The van der Waals surface area contributed by atoms with Gasteiger partial charge < -0.3 is 9.47 Å². The van der Waals surface area contributed by atoms with E-state index in [1.165, 1.54) is 5.56 Å². The molecule has 1 aromatic heterocycles. The summed E-state index contributed by atoms with van der Waals surface area (Å²) in [6.07, 6.45) is 9.64. The van der Waals surface area contributed by atoms with Crippen LogP contribution < -0.4 is 0 Å². The highest BCUT2D eigenvalue weighted by atomic mass is 16.2. The maximum absolute atomic E-state index is 12.4. The lowest BCUT2D eigenvalue weighted by atomic mass is 9.96. The monoisotopic (exact) mass is 351 g/mol. The summed E-state index contributed by atoms with van der Waals surface area (Å²) in [6.45, 7) is 9.10. The second-order valence-electron chi connectivity index (χ2n) is 7.55. The lowest BCUT2D eigenvalue weighted by Gasteiger charge is -2.31. The molecule has 0 bridgehead atoms. The predicted octanol–water partition coefficient (Wildman–Crippen LogP) is 4.27. The zero-order valence-corrected chi connectivity index (χ0v) is 16.1. The molecular formula is C22H29N3O. The molecule has 2 heterocycles. The molecule has 1 fully saturated rings. The fourth-order valence-corrected chi connectivity index (χ4v) is 3.48. The second kappa shape index (κ2) is 8.35. The van der Waals surface area contributed by atoms with E-state index in [0.717, 1.165) is 43.9 Å². The zero-order chi connectivity index (χ0) is 18.5.